The molecule has 0 unspecified atom stereocenters. The Morgan fingerprint density at radius 3 is 2.34 bits per heavy atom. The van der Waals surface area contributed by atoms with Gasteiger partial charge in [0.2, 0.25) is 0 Å². The Morgan fingerprint density at radius 1 is 0.966 bits per heavy atom. The van der Waals surface area contributed by atoms with Gasteiger partial charge < -0.3 is 19.7 Å². The molecule has 0 heterocycles. The van der Waals surface area contributed by atoms with Crippen molar-refractivity contribution in [1.82, 2.24) is 10.2 Å². The minimum absolute atomic E-state index is 0.380. The molecule has 0 bridgehead atoms. The van der Waals surface area contributed by atoms with E-state index >= 15 is 0 Å². The summed E-state index contributed by atoms with van der Waals surface area (Å²) in [6, 6.07) is 9.48. The molecule has 0 saturated heterocycles. The van der Waals surface area contributed by atoms with Crippen molar-refractivity contribution < 1.29 is 9.47 Å². The number of hydrogen-bond acceptors (Lipinski definition) is 4. The molecule has 0 atom stereocenters. The van der Waals surface area contributed by atoms with Crippen LogP contribution in [0.15, 0.2) is 34.8 Å². The van der Waals surface area contributed by atoms with Gasteiger partial charge in [-0.2, -0.15) is 0 Å². The van der Waals surface area contributed by atoms with Crippen LogP contribution in [-0.2, 0) is 13.2 Å². The first-order chi connectivity index (χ1) is 14.0. The van der Waals surface area contributed by atoms with E-state index in [1.807, 2.05) is 31.2 Å². The Hall–Kier alpha value is -0.980. The Bertz CT molecular complexity index is 786. The quantitative estimate of drug-likeness (QED) is 0.351. The molecular formula is C22H29BrCl2N2O2. The fraction of sp³-hybridized carbons (Fsp3) is 0.455. The van der Waals surface area contributed by atoms with Crippen molar-refractivity contribution in [1.29, 1.82) is 0 Å². The molecule has 0 amide bonds. The average molecular weight is 504 g/mol. The second kappa shape index (κ2) is 12.7. The number of likely N-dealkylation sites (N-methyl/N-ethyl adjacent to an activating group) is 1. The van der Waals surface area contributed by atoms with Gasteiger partial charge in [-0.25, -0.2) is 0 Å². The van der Waals surface area contributed by atoms with Crippen LogP contribution in [0.5, 0.6) is 11.5 Å². The minimum atomic E-state index is 0.380. The summed E-state index contributed by atoms with van der Waals surface area (Å²) in [5.41, 5.74) is 2.08. The highest BCUT2D eigenvalue weighted by Gasteiger charge is 2.12. The smallest absolute Gasteiger partial charge is 0.162 e. The van der Waals surface area contributed by atoms with Gasteiger partial charge in [-0.1, -0.05) is 59.0 Å². The molecule has 29 heavy (non-hydrogen) atoms. The van der Waals surface area contributed by atoms with E-state index in [0.29, 0.717) is 29.0 Å². The summed E-state index contributed by atoms with van der Waals surface area (Å²) < 4.78 is 12.8. The molecule has 0 aromatic heterocycles. The normalized spacial score (nSPS) is 11.1. The van der Waals surface area contributed by atoms with Gasteiger partial charge in [-0.3, -0.25) is 0 Å². The lowest BCUT2D eigenvalue weighted by molar-refractivity contribution is 0.268. The van der Waals surface area contributed by atoms with Crippen LogP contribution in [0.4, 0.5) is 0 Å². The van der Waals surface area contributed by atoms with Crippen molar-refractivity contribution in [2.24, 2.45) is 0 Å². The number of hydrogen-bond donors (Lipinski definition) is 1. The van der Waals surface area contributed by atoms with E-state index in [0.717, 1.165) is 54.1 Å². The molecule has 2 rings (SSSR count). The van der Waals surface area contributed by atoms with Crippen LogP contribution in [-0.4, -0.2) is 37.7 Å². The predicted molar refractivity (Wildman–Crippen MR) is 126 cm³/mol. The van der Waals surface area contributed by atoms with Crippen LogP contribution < -0.4 is 14.8 Å². The standard InChI is InChI=1S/C22H29BrCl2N2O2/c1-4-27(5-2)10-9-26-14-17-12-21(28-6-3)22(13-18(17)23)29-15-16-7-8-19(24)20(25)11-16/h7-8,11-13,26H,4-6,9-10,14-15H2,1-3H3. The van der Waals surface area contributed by atoms with E-state index < -0.39 is 0 Å². The zero-order valence-corrected chi connectivity index (χ0v) is 20.3. The summed E-state index contributed by atoms with van der Waals surface area (Å²) in [6.45, 7) is 12.2. The van der Waals surface area contributed by atoms with Gasteiger partial charge in [0.25, 0.3) is 0 Å². The number of ether oxygens (including phenoxy) is 2. The lowest BCUT2D eigenvalue weighted by Gasteiger charge is -2.19. The van der Waals surface area contributed by atoms with Crippen LogP contribution in [0, 0.1) is 0 Å². The van der Waals surface area contributed by atoms with Crippen LogP contribution in [0.1, 0.15) is 31.9 Å². The monoisotopic (exact) mass is 502 g/mol. The summed E-state index contributed by atoms with van der Waals surface area (Å²) in [7, 11) is 0. The third kappa shape index (κ3) is 7.65. The van der Waals surface area contributed by atoms with Gasteiger partial charge in [-0.05, 0) is 55.4 Å². The van der Waals surface area contributed by atoms with E-state index in [2.05, 4.69) is 40.0 Å². The van der Waals surface area contributed by atoms with Crippen molar-refractivity contribution in [3.05, 3.63) is 56.0 Å². The Balaban J connectivity index is 2.03. The molecule has 7 heteroatoms. The largest absolute Gasteiger partial charge is 0.490 e. The molecule has 2 aromatic rings. The maximum Gasteiger partial charge on any atom is 0.162 e. The highest BCUT2D eigenvalue weighted by Crippen LogP contribution is 2.34. The summed E-state index contributed by atoms with van der Waals surface area (Å²) in [5, 5.41) is 4.56. The van der Waals surface area contributed by atoms with E-state index in [1.165, 1.54) is 0 Å². The number of benzene rings is 2. The third-order valence-corrected chi connectivity index (χ3v) is 6.08. The minimum Gasteiger partial charge on any atom is -0.490 e. The van der Waals surface area contributed by atoms with Gasteiger partial charge in [-0.15, -0.1) is 0 Å². The maximum absolute atomic E-state index is 6.09. The molecule has 1 N–H and O–H groups in total. The Morgan fingerprint density at radius 2 is 1.69 bits per heavy atom. The van der Waals surface area contributed by atoms with Crippen molar-refractivity contribution >= 4 is 39.1 Å². The number of halogens is 3. The fourth-order valence-electron chi connectivity index (χ4n) is 2.88. The molecule has 0 spiro atoms. The van der Waals surface area contributed by atoms with Crippen molar-refractivity contribution in [3.63, 3.8) is 0 Å². The highest BCUT2D eigenvalue weighted by molar-refractivity contribution is 9.10. The molecule has 0 saturated carbocycles. The molecule has 2 aromatic carbocycles. The average Bonchev–Trinajstić information content (AvgIpc) is 2.71. The number of nitrogens with one attached hydrogen (secondary N) is 1. The van der Waals surface area contributed by atoms with Gasteiger partial charge in [0, 0.05) is 24.1 Å². The van der Waals surface area contributed by atoms with E-state index in [-0.39, 0.29) is 0 Å². The molecule has 0 fully saturated rings. The lowest BCUT2D eigenvalue weighted by Crippen LogP contribution is -2.31. The third-order valence-electron chi connectivity index (χ3n) is 4.61. The SMILES string of the molecule is CCOc1cc(CNCCN(CC)CC)c(Br)cc1OCc1ccc(Cl)c(Cl)c1. The van der Waals surface area contributed by atoms with Crippen molar-refractivity contribution in [3.8, 4) is 11.5 Å². The molecule has 0 radical (unpaired) electrons. The van der Waals surface area contributed by atoms with Crippen LogP contribution in [0.25, 0.3) is 0 Å². The molecule has 0 aliphatic carbocycles. The first-order valence-corrected chi connectivity index (χ1v) is 11.5. The predicted octanol–water partition coefficient (Wildman–Crippen LogP) is 6.17. The molecule has 4 nitrogen and oxygen atoms in total. The molecule has 160 valence electrons. The zero-order valence-electron chi connectivity index (χ0n) is 17.2. The summed E-state index contributed by atoms with van der Waals surface area (Å²) in [6.07, 6.45) is 0. The van der Waals surface area contributed by atoms with Crippen LogP contribution in [0.2, 0.25) is 10.0 Å². The number of nitrogens with zero attached hydrogens (tertiary/aromatic N) is 1. The van der Waals surface area contributed by atoms with Gasteiger partial charge in [0.1, 0.15) is 6.61 Å². The first-order valence-electron chi connectivity index (χ1n) is 9.93. The molecule has 0 aliphatic rings. The molecular weight excluding hydrogens is 475 g/mol. The van der Waals surface area contributed by atoms with Gasteiger partial charge in [0.15, 0.2) is 11.5 Å². The maximum atomic E-state index is 6.09. The zero-order chi connectivity index (χ0) is 21.2. The topological polar surface area (TPSA) is 33.7 Å². The van der Waals surface area contributed by atoms with Crippen LogP contribution >= 0.6 is 39.1 Å². The van der Waals surface area contributed by atoms with Crippen molar-refractivity contribution in [2.45, 2.75) is 33.9 Å². The summed E-state index contributed by atoms with van der Waals surface area (Å²) in [4.78, 5) is 2.40. The second-order valence-electron chi connectivity index (χ2n) is 6.56. The van der Waals surface area contributed by atoms with E-state index in [1.54, 1.807) is 6.07 Å². The Kier molecular flexibility index (Phi) is 10.6. The fourth-order valence-corrected chi connectivity index (χ4v) is 3.67. The number of rotatable bonds is 12. The van der Waals surface area contributed by atoms with Gasteiger partial charge in [0.05, 0.1) is 16.7 Å². The Labute approximate surface area is 192 Å². The highest BCUT2D eigenvalue weighted by atomic mass is 79.9. The lowest BCUT2D eigenvalue weighted by atomic mass is 10.2. The van der Waals surface area contributed by atoms with Crippen LogP contribution in [0.3, 0.4) is 0 Å². The summed E-state index contributed by atoms with van der Waals surface area (Å²) in [5.74, 6) is 1.42. The first kappa shape index (κ1) is 24.3. The molecule has 0 aliphatic heterocycles. The van der Waals surface area contributed by atoms with Gasteiger partial charge >= 0.3 is 0 Å². The van der Waals surface area contributed by atoms with Crippen molar-refractivity contribution in [2.75, 3.05) is 32.8 Å². The van der Waals surface area contributed by atoms with E-state index in [9.17, 15) is 0 Å². The summed E-state index contributed by atoms with van der Waals surface area (Å²) >= 11 is 15.7. The van der Waals surface area contributed by atoms with E-state index in [4.69, 9.17) is 32.7 Å². The second-order valence-corrected chi connectivity index (χ2v) is 8.23.